The van der Waals surface area contributed by atoms with Gasteiger partial charge in [-0.2, -0.15) is 0 Å². The minimum Gasteiger partial charge on any atom is -0.459 e. The van der Waals surface area contributed by atoms with Gasteiger partial charge in [-0.25, -0.2) is 0 Å². The normalized spacial score (nSPS) is 13.2. The van der Waals surface area contributed by atoms with E-state index in [1.807, 2.05) is 18.2 Å². The van der Waals surface area contributed by atoms with E-state index >= 15 is 0 Å². The molecule has 0 saturated carbocycles. The van der Waals surface area contributed by atoms with Crippen LogP contribution in [0.3, 0.4) is 0 Å². The molecule has 0 atom stereocenters. The van der Waals surface area contributed by atoms with Gasteiger partial charge in [-0.15, -0.1) is 0 Å². The molecule has 0 fully saturated rings. The van der Waals surface area contributed by atoms with E-state index < -0.39 is 8.32 Å². The van der Waals surface area contributed by atoms with E-state index in [0.29, 0.717) is 6.61 Å². The molecule has 1 aromatic carbocycles. The summed E-state index contributed by atoms with van der Waals surface area (Å²) in [5.41, 5.74) is 0.936. The first-order valence-electron chi connectivity index (χ1n) is 6.41. The topological polar surface area (TPSA) is 22.4 Å². The summed E-state index contributed by atoms with van der Waals surface area (Å²) in [6.45, 7) is 11.8. The van der Waals surface area contributed by atoms with Crippen LogP contribution in [0, 0.1) is 0 Å². The van der Waals surface area contributed by atoms with Gasteiger partial charge in [-0.3, -0.25) is 0 Å². The molecule has 2 rings (SSSR count). The largest absolute Gasteiger partial charge is 0.459 e. The molecule has 0 N–H and O–H groups in total. The molecule has 0 unspecified atom stereocenters. The molecule has 0 aliphatic carbocycles. The number of hydrogen-bond acceptors (Lipinski definition) is 2. The second-order valence-electron chi connectivity index (χ2n) is 6.30. The first-order chi connectivity index (χ1) is 8.29. The minimum absolute atomic E-state index is 0.235. The fourth-order valence-electron chi connectivity index (χ4n) is 1.58. The Morgan fingerprint density at radius 2 is 1.83 bits per heavy atom. The van der Waals surface area contributed by atoms with Gasteiger partial charge in [0.15, 0.2) is 8.32 Å². The highest BCUT2D eigenvalue weighted by molar-refractivity contribution is 6.74. The van der Waals surface area contributed by atoms with Crippen molar-refractivity contribution in [2.24, 2.45) is 0 Å². The van der Waals surface area contributed by atoms with E-state index in [4.69, 9.17) is 8.84 Å². The summed E-state index contributed by atoms with van der Waals surface area (Å²) in [5, 5.41) is 1.38. The van der Waals surface area contributed by atoms with Crippen LogP contribution in [0.4, 0.5) is 0 Å². The molecule has 2 aromatic rings. The third kappa shape index (κ3) is 2.67. The lowest BCUT2D eigenvalue weighted by atomic mass is 10.2. The van der Waals surface area contributed by atoms with Gasteiger partial charge in [0.2, 0.25) is 0 Å². The van der Waals surface area contributed by atoms with Crippen LogP contribution in [0.1, 0.15) is 26.5 Å². The Balaban J connectivity index is 2.11. The molecule has 0 bridgehead atoms. The fourth-order valence-corrected chi connectivity index (χ4v) is 2.51. The van der Waals surface area contributed by atoms with Gasteiger partial charge in [0.05, 0.1) is 6.61 Å². The Labute approximate surface area is 110 Å². The van der Waals surface area contributed by atoms with Crippen LogP contribution in [0.2, 0.25) is 18.1 Å². The maximum Gasteiger partial charge on any atom is 0.192 e. The van der Waals surface area contributed by atoms with Gasteiger partial charge in [0.1, 0.15) is 11.3 Å². The van der Waals surface area contributed by atoms with Crippen LogP contribution in [-0.4, -0.2) is 8.32 Å². The quantitative estimate of drug-likeness (QED) is 0.730. The zero-order chi connectivity index (χ0) is 13.4. The molecular weight excluding hydrogens is 240 g/mol. The highest BCUT2D eigenvalue weighted by atomic mass is 28.4. The fraction of sp³-hybridized carbons (Fsp3) is 0.467. The van der Waals surface area contributed by atoms with Gasteiger partial charge < -0.3 is 8.84 Å². The number of benzene rings is 1. The Hall–Kier alpha value is -1.06. The molecule has 1 heterocycles. The number of para-hydroxylation sites is 1. The maximum absolute atomic E-state index is 6.15. The minimum atomic E-state index is -1.70. The molecule has 0 aliphatic rings. The average molecular weight is 262 g/mol. The summed E-state index contributed by atoms with van der Waals surface area (Å²) in [6, 6.07) is 10.1. The van der Waals surface area contributed by atoms with E-state index in [1.54, 1.807) is 0 Å². The van der Waals surface area contributed by atoms with Gasteiger partial charge >= 0.3 is 0 Å². The van der Waals surface area contributed by atoms with Crippen LogP contribution < -0.4 is 0 Å². The van der Waals surface area contributed by atoms with E-state index in [0.717, 1.165) is 16.7 Å². The molecule has 1 aromatic heterocycles. The smallest absolute Gasteiger partial charge is 0.192 e. The summed E-state index contributed by atoms with van der Waals surface area (Å²) in [6.07, 6.45) is 0. The Morgan fingerprint density at radius 1 is 1.17 bits per heavy atom. The summed E-state index contributed by atoms with van der Waals surface area (Å²) >= 11 is 0. The number of rotatable bonds is 3. The van der Waals surface area contributed by atoms with Crippen LogP contribution >= 0.6 is 0 Å². The van der Waals surface area contributed by atoms with Crippen molar-refractivity contribution in [3.05, 3.63) is 36.1 Å². The predicted molar refractivity (Wildman–Crippen MR) is 78.2 cm³/mol. The standard InChI is InChI=1S/C15H22O2Si/c1-15(2,3)18(4,5)16-11-13-10-12-8-6-7-9-14(12)17-13/h6-10H,11H2,1-5H3. The van der Waals surface area contributed by atoms with Crippen molar-refractivity contribution in [1.82, 2.24) is 0 Å². The van der Waals surface area contributed by atoms with Crippen molar-refractivity contribution in [2.75, 3.05) is 0 Å². The van der Waals surface area contributed by atoms with E-state index in [-0.39, 0.29) is 5.04 Å². The lowest BCUT2D eigenvalue weighted by Gasteiger charge is -2.35. The molecule has 98 valence electrons. The van der Waals surface area contributed by atoms with E-state index in [2.05, 4.69) is 46.0 Å². The highest BCUT2D eigenvalue weighted by Crippen LogP contribution is 2.37. The molecular formula is C15H22O2Si. The molecule has 2 nitrogen and oxygen atoms in total. The number of fused-ring (bicyclic) bond motifs is 1. The summed E-state index contributed by atoms with van der Waals surface area (Å²) < 4.78 is 11.9. The van der Waals surface area contributed by atoms with Crippen molar-refractivity contribution in [2.45, 2.75) is 45.5 Å². The van der Waals surface area contributed by atoms with Crippen molar-refractivity contribution in [3.63, 3.8) is 0 Å². The van der Waals surface area contributed by atoms with Crippen molar-refractivity contribution in [3.8, 4) is 0 Å². The summed E-state index contributed by atoms with van der Waals surface area (Å²) in [7, 11) is -1.70. The molecule has 18 heavy (non-hydrogen) atoms. The van der Waals surface area contributed by atoms with Gasteiger partial charge in [-0.1, -0.05) is 39.0 Å². The lowest BCUT2D eigenvalue weighted by molar-refractivity contribution is 0.249. The van der Waals surface area contributed by atoms with Gasteiger partial charge in [0, 0.05) is 5.39 Å². The van der Waals surface area contributed by atoms with Crippen LogP contribution in [0.15, 0.2) is 34.7 Å². The third-order valence-electron chi connectivity index (χ3n) is 3.86. The number of furan rings is 1. The second-order valence-corrected chi connectivity index (χ2v) is 11.1. The van der Waals surface area contributed by atoms with Crippen LogP contribution in [0.25, 0.3) is 11.0 Å². The van der Waals surface area contributed by atoms with E-state index in [9.17, 15) is 0 Å². The van der Waals surface area contributed by atoms with Crippen LogP contribution in [-0.2, 0) is 11.0 Å². The number of hydrogen-bond donors (Lipinski definition) is 0. The molecule has 0 saturated heterocycles. The Bertz CT molecular complexity index is 502. The molecule has 0 spiro atoms. The Kier molecular flexibility index (Phi) is 3.38. The monoisotopic (exact) mass is 262 g/mol. The summed E-state index contributed by atoms with van der Waals surface area (Å²) in [5.74, 6) is 0.918. The first kappa shape index (κ1) is 13.4. The van der Waals surface area contributed by atoms with Gasteiger partial charge in [-0.05, 0) is 30.3 Å². The Morgan fingerprint density at radius 3 is 2.44 bits per heavy atom. The molecule has 0 radical (unpaired) electrons. The van der Waals surface area contributed by atoms with E-state index in [1.165, 1.54) is 0 Å². The first-order valence-corrected chi connectivity index (χ1v) is 9.32. The second kappa shape index (κ2) is 4.56. The van der Waals surface area contributed by atoms with Crippen molar-refractivity contribution >= 4 is 19.3 Å². The summed E-state index contributed by atoms with van der Waals surface area (Å²) in [4.78, 5) is 0. The molecule has 0 aliphatic heterocycles. The lowest BCUT2D eigenvalue weighted by Crippen LogP contribution is -2.40. The predicted octanol–water partition coefficient (Wildman–Crippen LogP) is 4.95. The SMILES string of the molecule is CC(C)(C)[Si](C)(C)OCc1cc2ccccc2o1. The maximum atomic E-state index is 6.15. The van der Waals surface area contributed by atoms with Crippen LogP contribution in [0.5, 0.6) is 0 Å². The third-order valence-corrected chi connectivity index (χ3v) is 8.34. The zero-order valence-electron chi connectivity index (χ0n) is 11.9. The highest BCUT2D eigenvalue weighted by Gasteiger charge is 2.37. The van der Waals surface area contributed by atoms with Crippen molar-refractivity contribution in [1.29, 1.82) is 0 Å². The molecule has 3 heteroatoms. The van der Waals surface area contributed by atoms with Crippen molar-refractivity contribution < 1.29 is 8.84 Å². The van der Waals surface area contributed by atoms with Gasteiger partial charge in [0.25, 0.3) is 0 Å². The average Bonchev–Trinajstić information content (AvgIpc) is 2.67. The zero-order valence-corrected chi connectivity index (χ0v) is 12.9. The molecule has 0 amide bonds.